The smallest absolute Gasteiger partial charge is 0.308 e. The summed E-state index contributed by atoms with van der Waals surface area (Å²) in [5.41, 5.74) is 1.72. The Labute approximate surface area is 171 Å². The maximum atomic E-state index is 11.2. The lowest BCUT2D eigenvalue weighted by Crippen LogP contribution is -2.51. The summed E-state index contributed by atoms with van der Waals surface area (Å²) in [6, 6.07) is 0. The summed E-state index contributed by atoms with van der Waals surface area (Å²) in [7, 11) is 0. The number of carbonyl (C=O) groups is 1. The first-order valence-corrected chi connectivity index (χ1v) is 11.3. The van der Waals surface area contributed by atoms with Crippen molar-refractivity contribution in [2.24, 2.45) is 28.6 Å². The molecule has 0 bridgehead atoms. The predicted molar refractivity (Wildman–Crippen MR) is 111 cm³/mol. The van der Waals surface area contributed by atoms with Crippen LogP contribution in [-0.4, -0.2) is 22.8 Å². The maximum absolute atomic E-state index is 11.2. The van der Waals surface area contributed by atoms with Crippen molar-refractivity contribution in [2.75, 3.05) is 0 Å². The molecule has 4 heteroatoms. The molecule has 1 heterocycles. The largest absolute Gasteiger partial charge is 0.481 e. The zero-order chi connectivity index (χ0) is 20.7. The lowest BCUT2D eigenvalue weighted by molar-refractivity contribution is -0.412. The second kappa shape index (κ2) is 7.75. The van der Waals surface area contributed by atoms with E-state index in [0.717, 1.165) is 25.7 Å². The molecule has 2 aliphatic carbocycles. The van der Waals surface area contributed by atoms with Gasteiger partial charge in [0.2, 0.25) is 0 Å². The zero-order valence-corrected chi connectivity index (χ0v) is 18.6. The third-order valence-corrected chi connectivity index (χ3v) is 9.04. The number of allylic oxidation sites excluding steroid dienone is 1. The summed E-state index contributed by atoms with van der Waals surface area (Å²) < 4.78 is 0. The van der Waals surface area contributed by atoms with Crippen molar-refractivity contribution in [3.05, 3.63) is 12.2 Å². The van der Waals surface area contributed by atoms with E-state index in [0.29, 0.717) is 11.8 Å². The Hall–Kier alpha value is -0.870. The molecule has 7 atom stereocenters. The van der Waals surface area contributed by atoms with Crippen molar-refractivity contribution in [2.45, 2.75) is 104 Å². The molecule has 4 nitrogen and oxygen atoms in total. The molecule has 0 amide bonds. The van der Waals surface area contributed by atoms with Gasteiger partial charge < -0.3 is 5.11 Å². The number of carboxylic acids is 1. The van der Waals surface area contributed by atoms with Gasteiger partial charge in [0, 0.05) is 0 Å². The summed E-state index contributed by atoms with van der Waals surface area (Å²) >= 11 is 0. The van der Waals surface area contributed by atoms with Crippen LogP contribution in [0.1, 0.15) is 92.4 Å². The zero-order valence-electron chi connectivity index (χ0n) is 18.6. The maximum Gasteiger partial charge on any atom is 0.308 e. The molecule has 0 aromatic carbocycles. The second-order valence-electron chi connectivity index (χ2n) is 10.7. The van der Waals surface area contributed by atoms with Gasteiger partial charge in [-0.3, -0.25) is 4.79 Å². The molecule has 0 aromatic heterocycles. The van der Waals surface area contributed by atoms with E-state index in [-0.39, 0.29) is 22.5 Å². The highest BCUT2D eigenvalue weighted by atomic mass is 17.2. The van der Waals surface area contributed by atoms with Crippen LogP contribution in [0.2, 0.25) is 0 Å². The molecule has 2 unspecified atom stereocenters. The van der Waals surface area contributed by atoms with Crippen LogP contribution in [0.25, 0.3) is 0 Å². The average Bonchev–Trinajstić information content (AvgIpc) is 2.66. The average molecular weight is 393 g/mol. The molecule has 1 saturated heterocycles. The van der Waals surface area contributed by atoms with Gasteiger partial charge in [-0.05, 0) is 94.3 Å². The Morgan fingerprint density at radius 3 is 2.54 bits per heavy atom. The Kier molecular flexibility index (Phi) is 6.05. The van der Waals surface area contributed by atoms with E-state index >= 15 is 0 Å². The van der Waals surface area contributed by atoms with E-state index in [1.54, 1.807) is 6.92 Å². The van der Waals surface area contributed by atoms with E-state index in [2.05, 4.69) is 34.3 Å². The van der Waals surface area contributed by atoms with Gasteiger partial charge in [-0.1, -0.05) is 32.9 Å². The molecule has 160 valence electrons. The molecule has 3 fully saturated rings. The van der Waals surface area contributed by atoms with Gasteiger partial charge in [0.15, 0.2) is 0 Å². The fourth-order valence-electron chi connectivity index (χ4n) is 6.30. The third-order valence-electron chi connectivity index (χ3n) is 9.04. The molecule has 1 aliphatic heterocycles. The van der Waals surface area contributed by atoms with Gasteiger partial charge in [0.1, 0.15) is 11.7 Å². The summed E-state index contributed by atoms with van der Waals surface area (Å²) in [4.78, 5) is 22.6. The van der Waals surface area contributed by atoms with Crippen LogP contribution in [0.5, 0.6) is 0 Å². The van der Waals surface area contributed by atoms with Crippen LogP contribution in [-0.2, 0) is 14.6 Å². The Balaban J connectivity index is 1.67. The van der Waals surface area contributed by atoms with Gasteiger partial charge >= 0.3 is 5.97 Å². The molecule has 0 aromatic rings. The van der Waals surface area contributed by atoms with Gasteiger partial charge in [-0.2, -0.15) is 0 Å². The lowest BCUT2D eigenvalue weighted by Gasteiger charge is -2.59. The van der Waals surface area contributed by atoms with Crippen LogP contribution >= 0.6 is 0 Å². The summed E-state index contributed by atoms with van der Waals surface area (Å²) in [5, 5.41) is 9.21. The number of aliphatic carboxylic acids is 1. The minimum absolute atomic E-state index is 0.284. The van der Waals surface area contributed by atoms with Crippen molar-refractivity contribution in [1.82, 2.24) is 0 Å². The summed E-state index contributed by atoms with van der Waals surface area (Å²) in [6.45, 7) is 15.7. The van der Waals surface area contributed by atoms with E-state index in [4.69, 9.17) is 9.78 Å². The summed E-state index contributed by atoms with van der Waals surface area (Å²) in [6.07, 6.45) is 9.66. The fourth-order valence-corrected chi connectivity index (χ4v) is 6.30. The number of fused-ring (bicyclic) bond motifs is 1. The Morgan fingerprint density at radius 1 is 1.21 bits per heavy atom. The van der Waals surface area contributed by atoms with Crippen LogP contribution in [0.15, 0.2) is 12.2 Å². The quantitative estimate of drug-likeness (QED) is 0.450. The van der Waals surface area contributed by atoms with Crippen molar-refractivity contribution in [1.29, 1.82) is 0 Å². The SMILES string of the molecule is C=C1CCC[C@@H]2[C@@](C)(CCC3(C)CCC([C@H](C)C(=O)O)OO3)[C@H](C)CC[C@@]12C. The summed E-state index contributed by atoms with van der Waals surface area (Å²) in [5.74, 6) is 0.0363. The first-order chi connectivity index (χ1) is 13.0. The Bertz CT molecular complexity index is 606. The van der Waals surface area contributed by atoms with Crippen LogP contribution < -0.4 is 0 Å². The molecular formula is C24H40O4. The highest BCUT2D eigenvalue weighted by Gasteiger charge is 2.54. The number of hydrogen-bond acceptors (Lipinski definition) is 3. The first-order valence-electron chi connectivity index (χ1n) is 11.3. The molecule has 1 N–H and O–H groups in total. The standard InChI is InChI=1S/C24H40O4/c1-16-8-7-9-20-23(16,5)13-10-17(2)24(20,6)15-14-22(4)12-11-19(27-28-22)18(3)21(25)26/h17-20H,1,7-15H2,2-6H3,(H,25,26)/t17-,18+,19?,20+,22?,23+,24+/m1/s1. The molecule has 3 rings (SSSR count). The van der Waals surface area contributed by atoms with Crippen LogP contribution in [0.3, 0.4) is 0 Å². The van der Waals surface area contributed by atoms with Gasteiger partial charge in [0.25, 0.3) is 0 Å². The van der Waals surface area contributed by atoms with Crippen molar-refractivity contribution >= 4 is 5.97 Å². The molecular weight excluding hydrogens is 352 g/mol. The molecule has 0 radical (unpaired) electrons. The topological polar surface area (TPSA) is 55.8 Å². The van der Waals surface area contributed by atoms with Gasteiger partial charge in [-0.15, -0.1) is 0 Å². The van der Waals surface area contributed by atoms with E-state index in [1.807, 2.05) is 0 Å². The van der Waals surface area contributed by atoms with Gasteiger partial charge in [0.05, 0.1) is 5.92 Å². The van der Waals surface area contributed by atoms with Crippen LogP contribution in [0, 0.1) is 28.6 Å². The van der Waals surface area contributed by atoms with E-state index < -0.39 is 11.9 Å². The van der Waals surface area contributed by atoms with Gasteiger partial charge in [-0.25, -0.2) is 9.78 Å². The minimum Gasteiger partial charge on any atom is -0.481 e. The molecule has 0 spiro atoms. The lowest BCUT2D eigenvalue weighted by atomic mass is 9.46. The van der Waals surface area contributed by atoms with E-state index in [9.17, 15) is 9.90 Å². The second-order valence-corrected chi connectivity index (χ2v) is 10.7. The van der Waals surface area contributed by atoms with E-state index in [1.165, 1.54) is 37.7 Å². The Morgan fingerprint density at radius 2 is 1.93 bits per heavy atom. The third kappa shape index (κ3) is 3.79. The van der Waals surface area contributed by atoms with Crippen molar-refractivity contribution in [3.8, 4) is 0 Å². The highest BCUT2D eigenvalue weighted by Crippen LogP contribution is 2.63. The predicted octanol–water partition coefficient (Wildman–Crippen LogP) is 6.16. The van der Waals surface area contributed by atoms with Crippen molar-refractivity contribution < 1.29 is 19.7 Å². The minimum atomic E-state index is -0.822. The first kappa shape index (κ1) is 21.8. The normalized spacial score (nSPS) is 45.3. The number of rotatable bonds is 5. The van der Waals surface area contributed by atoms with Crippen LogP contribution in [0.4, 0.5) is 0 Å². The molecule has 3 aliphatic rings. The highest BCUT2D eigenvalue weighted by molar-refractivity contribution is 5.70. The number of hydrogen-bond donors (Lipinski definition) is 1. The monoisotopic (exact) mass is 392 g/mol. The van der Waals surface area contributed by atoms with Crippen molar-refractivity contribution in [3.63, 3.8) is 0 Å². The molecule has 28 heavy (non-hydrogen) atoms. The fraction of sp³-hybridized carbons (Fsp3) is 0.875. The number of carboxylic acid groups (broad SMARTS) is 1. The molecule has 2 saturated carbocycles.